The normalized spacial score (nSPS) is 26.4. The molecule has 10 rings (SSSR count). The SMILES string of the molecule is CC(C)[C@H](NC(=O)C1CC1)C(=O)N1[C@@H]2C[C@@H]2C[C@H]1c1nc(-c2ccc(-c3ccc(-c4c[nH]c([C@@H]5C[C@H]6C[C@H]6N5C(=O)[C@H](C(C)C)N(C(=O)O)C5CC5)n4)cc3)cc2)c[nH]1. The quantitative estimate of drug-likeness (QED) is 0.111. The Balaban J connectivity index is 0.807. The number of H-pyrrole nitrogens is 2. The summed E-state index contributed by atoms with van der Waals surface area (Å²) in [7, 11) is 0. The fourth-order valence-corrected chi connectivity index (χ4v) is 10.0. The zero-order valence-electron chi connectivity index (χ0n) is 34.2. The van der Waals surface area contributed by atoms with Crippen molar-refractivity contribution in [3.8, 4) is 33.6 Å². The third-order valence-electron chi connectivity index (χ3n) is 13.8. The Morgan fingerprint density at radius 3 is 1.58 bits per heavy atom. The summed E-state index contributed by atoms with van der Waals surface area (Å²) in [5.74, 6) is 2.28. The van der Waals surface area contributed by atoms with Crippen LogP contribution < -0.4 is 5.32 Å². The van der Waals surface area contributed by atoms with Crippen LogP contribution in [0, 0.1) is 29.6 Å². The molecule has 4 aliphatic carbocycles. The van der Waals surface area contributed by atoms with Gasteiger partial charge in [0.15, 0.2) is 0 Å². The van der Waals surface area contributed by atoms with Crippen LogP contribution in [0.15, 0.2) is 60.9 Å². The van der Waals surface area contributed by atoms with Crippen molar-refractivity contribution in [2.75, 3.05) is 0 Å². The Labute approximate surface area is 344 Å². The van der Waals surface area contributed by atoms with E-state index in [-0.39, 0.29) is 65.7 Å². The second-order valence-electron chi connectivity index (χ2n) is 18.7. The first kappa shape index (κ1) is 37.8. The molecule has 8 atom stereocenters. The number of benzene rings is 2. The molecule has 13 nitrogen and oxygen atoms in total. The van der Waals surface area contributed by atoms with E-state index >= 15 is 0 Å². The Hall–Kier alpha value is -5.46. The highest BCUT2D eigenvalue weighted by atomic mass is 16.4. The molecule has 2 aromatic carbocycles. The number of nitrogens with zero attached hydrogens (tertiary/aromatic N) is 5. The fraction of sp³-hybridized carbons (Fsp3) is 0.522. The Bertz CT molecular complexity index is 2270. The average molecular weight is 799 g/mol. The maximum absolute atomic E-state index is 14.2. The van der Waals surface area contributed by atoms with Gasteiger partial charge in [0.05, 0.1) is 23.5 Å². The Morgan fingerprint density at radius 1 is 0.678 bits per heavy atom. The van der Waals surface area contributed by atoms with Gasteiger partial charge < -0.3 is 30.2 Å². The van der Waals surface area contributed by atoms with Crippen LogP contribution in [0.4, 0.5) is 4.79 Å². The molecule has 4 amide bonds. The van der Waals surface area contributed by atoms with Crippen LogP contribution in [0.2, 0.25) is 0 Å². The number of carbonyl (C=O) groups excluding carboxylic acids is 3. The molecule has 4 heterocycles. The number of aromatic nitrogens is 4. The summed E-state index contributed by atoms with van der Waals surface area (Å²) in [5, 5.41) is 13.1. The number of carboxylic acid groups (broad SMARTS) is 1. The lowest BCUT2D eigenvalue weighted by atomic mass is 9.99. The van der Waals surface area contributed by atoms with E-state index in [0.717, 1.165) is 96.7 Å². The van der Waals surface area contributed by atoms with Gasteiger partial charge in [-0.2, -0.15) is 0 Å². The minimum absolute atomic E-state index is 0.00164. The van der Waals surface area contributed by atoms with Gasteiger partial charge in [0.2, 0.25) is 17.7 Å². The van der Waals surface area contributed by atoms with Gasteiger partial charge in [-0.3, -0.25) is 19.3 Å². The molecule has 6 aliphatic rings. The summed E-state index contributed by atoms with van der Waals surface area (Å²) < 4.78 is 0. The lowest BCUT2D eigenvalue weighted by Crippen LogP contribution is -2.54. The number of hydrogen-bond donors (Lipinski definition) is 4. The summed E-state index contributed by atoms with van der Waals surface area (Å²) in [6.45, 7) is 7.88. The summed E-state index contributed by atoms with van der Waals surface area (Å²) in [5.41, 5.74) is 5.71. The third-order valence-corrected chi connectivity index (χ3v) is 13.8. The number of carbonyl (C=O) groups is 4. The summed E-state index contributed by atoms with van der Waals surface area (Å²) in [4.78, 5) is 75.2. The van der Waals surface area contributed by atoms with E-state index in [1.807, 2.05) is 49.9 Å². The van der Waals surface area contributed by atoms with Crippen molar-refractivity contribution in [1.29, 1.82) is 0 Å². The van der Waals surface area contributed by atoms with Crippen LogP contribution in [0.25, 0.3) is 33.6 Å². The second-order valence-corrected chi connectivity index (χ2v) is 18.7. The number of piperidine rings is 2. The molecule has 0 unspecified atom stereocenters. The molecule has 0 bridgehead atoms. The monoisotopic (exact) mass is 798 g/mol. The first-order valence-electron chi connectivity index (χ1n) is 21.7. The van der Waals surface area contributed by atoms with Crippen molar-refractivity contribution in [3.63, 3.8) is 0 Å². The molecular formula is C46H54N8O5. The predicted octanol–water partition coefficient (Wildman–Crippen LogP) is 7.18. The van der Waals surface area contributed by atoms with Gasteiger partial charge in [0.1, 0.15) is 23.7 Å². The number of aromatic amines is 2. The third kappa shape index (κ3) is 6.99. The number of fused-ring (bicyclic) bond motifs is 2. The van der Waals surface area contributed by atoms with E-state index in [2.05, 4.69) is 63.8 Å². The van der Waals surface area contributed by atoms with Crippen molar-refractivity contribution in [3.05, 3.63) is 72.6 Å². The molecule has 0 radical (unpaired) electrons. The van der Waals surface area contributed by atoms with Crippen LogP contribution in [0.1, 0.15) is 103 Å². The number of amides is 4. The van der Waals surface area contributed by atoms with E-state index in [9.17, 15) is 24.3 Å². The number of imidazole rings is 2. The maximum atomic E-state index is 14.2. The summed E-state index contributed by atoms with van der Waals surface area (Å²) in [6.07, 6.45) is 9.93. The van der Waals surface area contributed by atoms with E-state index < -0.39 is 18.2 Å². The standard InChI is InChI=1S/C46H54N8O5/c1-23(2)39(51-43(55)29-13-14-29)44(56)53-35-17-30(35)19-37(53)41-47-21-33(49-41)27-9-5-25(6-10-27)26-7-11-28(12-8-26)34-22-48-42(50-34)38-20-31-18-36(31)54(38)45(57)40(24(3)4)52(46(58)59)32-15-16-32/h5-12,21-24,29-32,35-40H,13-20H2,1-4H3,(H,47,49)(H,48,50)(H,51,55)(H,58,59)/t30-,31-,35-,36-,37+,38+,39+,40+/m1/s1. The molecule has 59 heavy (non-hydrogen) atoms. The van der Waals surface area contributed by atoms with Gasteiger partial charge in [-0.1, -0.05) is 76.2 Å². The predicted molar refractivity (Wildman–Crippen MR) is 220 cm³/mol. The van der Waals surface area contributed by atoms with E-state index in [1.165, 1.54) is 4.90 Å². The molecule has 2 aliphatic heterocycles. The van der Waals surface area contributed by atoms with Crippen LogP contribution in [0.5, 0.6) is 0 Å². The fourth-order valence-electron chi connectivity index (χ4n) is 10.0. The van der Waals surface area contributed by atoms with Crippen molar-refractivity contribution in [2.24, 2.45) is 29.6 Å². The zero-order valence-corrected chi connectivity index (χ0v) is 34.2. The Kier molecular flexibility index (Phi) is 9.21. The van der Waals surface area contributed by atoms with E-state index in [0.29, 0.717) is 11.8 Å². The minimum Gasteiger partial charge on any atom is -0.465 e. The van der Waals surface area contributed by atoms with E-state index in [1.54, 1.807) is 0 Å². The number of hydrogen-bond acceptors (Lipinski definition) is 6. The average Bonchev–Trinajstić information content (AvgIpc) is 4.18. The van der Waals surface area contributed by atoms with Crippen molar-refractivity contribution >= 4 is 23.8 Å². The molecule has 0 spiro atoms. The number of likely N-dealkylation sites (tertiary alicyclic amines) is 2. The smallest absolute Gasteiger partial charge is 0.408 e. The molecule has 308 valence electrons. The van der Waals surface area contributed by atoms with Crippen molar-refractivity contribution in [2.45, 2.75) is 121 Å². The maximum Gasteiger partial charge on any atom is 0.408 e. The summed E-state index contributed by atoms with van der Waals surface area (Å²) in [6, 6.07) is 15.4. The van der Waals surface area contributed by atoms with Gasteiger partial charge >= 0.3 is 6.09 Å². The lowest BCUT2D eigenvalue weighted by Gasteiger charge is -2.37. The van der Waals surface area contributed by atoms with Crippen LogP contribution in [0.3, 0.4) is 0 Å². The molecule has 6 fully saturated rings. The van der Waals surface area contributed by atoms with Crippen molar-refractivity contribution in [1.82, 2.24) is 40.0 Å². The highest BCUT2D eigenvalue weighted by Crippen LogP contribution is 2.55. The van der Waals surface area contributed by atoms with Crippen LogP contribution in [-0.4, -0.2) is 93.8 Å². The van der Waals surface area contributed by atoms with Crippen LogP contribution >= 0.6 is 0 Å². The molecule has 4 N–H and O–H groups in total. The first-order valence-corrected chi connectivity index (χ1v) is 21.7. The highest BCUT2D eigenvalue weighted by Gasteiger charge is 2.58. The topological polar surface area (TPSA) is 168 Å². The molecule has 13 heteroatoms. The van der Waals surface area contributed by atoms with Gasteiger partial charge in [-0.05, 0) is 86.2 Å². The van der Waals surface area contributed by atoms with Gasteiger partial charge in [-0.25, -0.2) is 14.8 Å². The first-order chi connectivity index (χ1) is 28.4. The minimum atomic E-state index is -1.01. The van der Waals surface area contributed by atoms with Gasteiger partial charge in [-0.15, -0.1) is 0 Å². The van der Waals surface area contributed by atoms with Crippen molar-refractivity contribution < 1.29 is 24.3 Å². The largest absolute Gasteiger partial charge is 0.465 e. The lowest BCUT2D eigenvalue weighted by molar-refractivity contribution is -0.140. The number of nitrogens with one attached hydrogen (secondary N) is 3. The number of rotatable bonds is 13. The van der Waals surface area contributed by atoms with Gasteiger partial charge in [0, 0.05) is 47.6 Å². The second kappa shape index (κ2) is 14.4. The molecule has 2 saturated heterocycles. The van der Waals surface area contributed by atoms with Crippen LogP contribution in [-0.2, 0) is 14.4 Å². The summed E-state index contributed by atoms with van der Waals surface area (Å²) >= 11 is 0. The zero-order chi connectivity index (χ0) is 40.9. The van der Waals surface area contributed by atoms with E-state index in [4.69, 9.17) is 9.97 Å². The molecule has 4 aromatic rings. The molecular weight excluding hydrogens is 745 g/mol. The molecule has 2 aromatic heterocycles. The Morgan fingerprint density at radius 2 is 1.15 bits per heavy atom. The van der Waals surface area contributed by atoms with Gasteiger partial charge in [0.25, 0.3) is 0 Å². The molecule has 4 saturated carbocycles. The highest BCUT2D eigenvalue weighted by molar-refractivity contribution is 5.90.